The average Bonchev–Trinajstić information content (AvgIpc) is 3.15. The molecule has 0 aromatic heterocycles. The fourth-order valence-corrected chi connectivity index (χ4v) is 5.03. The number of carboxylic acids is 1. The van der Waals surface area contributed by atoms with Crippen molar-refractivity contribution in [2.75, 3.05) is 13.2 Å². The molecule has 7 heteroatoms. The third-order valence-electron chi connectivity index (χ3n) is 7.19. The zero-order valence-corrected chi connectivity index (χ0v) is 20.1. The van der Waals surface area contributed by atoms with Gasteiger partial charge in [-0.15, -0.1) is 0 Å². The van der Waals surface area contributed by atoms with Crippen molar-refractivity contribution < 1.29 is 24.2 Å². The summed E-state index contributed by atoms with van der Waals surface area (Å²) in [5, 5.41) is 14.8. The zero-order chi connectivity index (χ0) is 24.7. The van der Waals surface area contributed by atoms with Gasteiger partial charge in [0.25, 0.3) is 0 Å². The lowest BCUT2D eigenvalue weighted by atomic mass is 9.76. The van der Waals surface area contributed by atoms with Crippen molar-refractivity contribution in [3.8, 4) is 11.1 Å². The smallest absolute Gasteiger partial charge is 0.407 e. The van der Waals surface area contributed by atoms with Crippen LogP contribution in [-0.4, -0.2) is 41.8 Å². The molecule has 186 valence electrons. The summed E-state index contributed by atoms with van der Waals surface area (Å²) < 4.78 is 5.55. The van der Waals surface area contributed by atoms with Crippen molar-refractivity contribution >= 4 is 18.0 Å². The van der Waals surface area contributed by atoms with E-state index in [9.17, 15) is 19.5 Å². The highest BCUT2D eigenvalue weighted by Crippen LogP contribution is 2.44. The number of unbranched alkanes of at least 4 members (excludes halogenated alkanes) is 4. The zero-order valence-electron chi connectivity index (χ0n) is 20.1. The Balaban J connectivity index is 1.07. The maximum Gasteiger partial charge on any atom is 0.407 e. The van der Waals surface area contributed by atoms with Crippen LogP contribution in [-0.2, 0) is 14.3 Å². The number of hydrogen-bond donors (Lipinski definition) is 3. The van der Waals surface area contributed by atoms with Gasteiger partial charge >= 0.3 is 12.1 Å². The third kappa shape index (κ3) is 5.84. The summed E-state index contributed by atoms with van der Waals surface area (Å²) in [5.41, 5.74) is 3.78. The number of rotatable bonds is 12. The lowest BCUT2D eigenvalue weighted by Crippen LogP contribution is -2.59. The number of alkyl carbamates (subject to hydrolysis) is 1. The maximum atomic E-state index is 12.2. The van der Waals surface area contributed by atoms with Crippen LogP contribution in [0, 0.1) is 0 Å². The van der Waals surface area contributed by atoms with E-state index in [0.717, 1.165) is 38.5 Å². The van der Waals surface area contributed by atoms with Crippen LogP contribution in [0.4, 0.5) is 4.79 Å². The fraction of sp³-hybridized carbons (Fsp3) is 0.464. The second-order valence-corrected chi connectivity index (χ2v) is 9.56. The van der Waals surface area contributed by atoms with Crippen LogP contribution in [0.15, 0.2) is 48.5 Å². The molecule has 3 N–H and O–H groups in total. The standard InChI is InChI=1S/C28H34N2O5/c31-25(30-28(26(32)33)16-10-17-28)15-4-2-1-3-9-18-29-27(34)35-19-24-22-13-7-5-11-20(22)21-12-6-8-14-23(21)24/h5-8,11-14,24H,1-4,9-10,15-19H2,(H,29,34)(H,30,31)(H,32,33). The summed E-state index contributed by atoms with van der Waals surface area (Å²) in [5.74, 6) is -1.05. The second kappa shape index (κ2) is 11.4. The SMILES string of the molecule is O=C(CCCCCCCNC(=O)OCC1c2ccccc2-c2ccccc21)NC1(C(=O)O)CCC1. The van der Waals surface area contributed by atoms with Crippen LogP contribution in [0.1, 0.15) is 74.8 Å². The van der Waals surface area contributed by atoms with Crippen molar-refractivity contribution in [2.24, 2.45) is 0 Å². The van der Waals surface area contributed by atoms with E-state index in [4.69, 9.17) is 4.74 Å². The first-order chi connectivity index (χ1) is 17.0. The van der Waals surface area contributed by atoms with Crippen LogP contribution in [0.3, 0.4) is 0 Å². The molecule has 0 heterocycles. The normalized spacial score (nSPS) is 15.4. The molecule has 0 atom stereocenters. The van der Waals surface area contributed by atoms with Crippen LogP contribution >= 0.6 is 0 Å². The number of aliphatic carboxylic acids is 1. The van der Waals surface area contributed by atoms with E-state index in [1.165, 1.54) is 22.3 Å². The van der Waals surface area contributed by atoms with Gasteiger partial charge in [-0.1, -0.05) is 67.8 Å². The number of benzene rings is 2. The van der Waals surface area contributed by atoms with Crippen LogP contribution in [0.25, 0.3) is 11.1 Å². The number of nitrogens with one attached hydrogen (secondary N) is 2. The van der Waals surface area contributed by atoms with Crippen molar-refractivity contribution in [3.63, 3.8) is 0 Å². The van der Waals surface area contributed by atoms with Crippen molar-refractivity contribution in [2.45, 2.75) is 69.2 Å². The monoisotopic (exact) mass is 478 g/mol. The lowest BCUT2D eigenvalue weighted by Gasteiger charge is -2.38. The molecule has 2 amide bonds. The van der Waals surface area contributed by atoms with Gasteiger partial charge in [-0.05, 0) is 54.4 Å². The van der Waals surface area contributed by atoms with Crippen LogP contribution in [0.5, 0.6) is 0 Å². The first-order valence-electron chi connectivity index (χ1n) is 12.6. The molecule has 7 nitrogen and oxygen atoms in total. The minimum Gasteiger partial charge on any atom is -0.480 e. The first kappa shape index (κ1) is 24.8. The molecule has 2 aliphatic carbocycles. The highest BCUT2D eigenvalue weighted by molar-refractivity contribution is 5.87. The van der Waals surface area contributed by atoms with Gasteiger partial charge in [0.2, 0.25) is 5.91 Å². The Morgan fingerprint density at radius 1 is 0.886 bits per heavy atom. The summed E-state index contributed by atoms with van der Waals surface area (Å²) in [7, 11) is 0. The minimum absolute atomic E-state index is 0.0556. The van der Waals surface area contributed by atoms with E-state index in [1.54, 1.807) is 0 Å². The maximum absolute atomic E-state index is 12.2. The Morgan fingerprint density at radius 3 is 2.09 bits per heavy atom. The highest BCUT2D eigenvalue weighted by atomic mass is 16.5. The summed E-state index contributed by atoms with van der Waals surface area (Å²) in [6, 6.07) is 16.5. The number of amides is 2. The summed E-state index contributed by atoms with van der Waals surface area (Å²) in [6.07, 6.45) is 6.23. The number of carbonyl (C=O) groups is 3. The van der Waals surface area contributed by atoms with Gasteiger partial charge in [-0.25, -0.2) is 9.59 Å². The molecule has 0 radical (unpaired) electrons. The van der Waals surface area contributed by atoms with E-state index in [1.807, 2.05) is 24.3 Å². The Bertz CT molecular complexity index is 1020. The number of carbonyl (C=O) groups excluding carboxylic acids is 2. The average molecular weight is 479 g/mol. The van der Waals surface area contributed by atoms with Crippen LogP contribution < -0.4 is 10.6 Å². The summed E-state index contributed by atoms with van der Waals surface area (Å²) >= 11 is 0. The predicted molar refractivity (Wildman–Crippen MR) is 133 cm³/mol. The minimum atomic E-state index is -1.03. The molecule has 0 spiro atoms. The molecule has 0 saturated heterocycles. The van der Waals surface area contributed by atoms with E-state index in [-0.39, 0.29) is 11.8 Å². The van der Waals surface area contributed by atoms with Crippen molar-refractivity contribution in [3.05, 3.63) is 59.7 Å². The van der Waals surface area contributed by atoms with Gasteiger partial charge in [0.15, 0.2) is 0 Å². The second-order valence-electron chi connectivity index (χ2n) is 9.56. The van der Waals surface area contributed by atoms with Gasteiger partial charge in [0.1, 0.15) is 12.1 Å². The van der Waals surface area contributed by atoms with Gasteiger partial charge in [0.05, 0.1) is 0 Å². The molecule has 1 fully saturated rings. The Kier molecular flexibility index (Phi) is 8.06. The first-order valence-corrected chi connectivity index (χ1v) is 12.6. The van der Waals surface area contributed by atoms with Crippen molar-refractivity contribution in [1.82, 2.24) is 10.6 Å². The van der Waals surface area contributed by atoms with Gasteiger partial charge in [-0.3, -0.25) is 4.79 Å². The summed E-state index contributed by atoms with van der Waals surface area (Å²) in [6.45, 7) is 0.864. The van der Waals surface area contributed by atoms with Crippen LogP contribution in [0.2, 0.25) is 0 Å². The Morgan fingerprint density at radius 2 is 1.49 bits per heavy atom. The molecule has 2 aliphatic rings. The topological polar surface area (TPSA) is 105 Å². The lowest BCUT2D eigenvalue weighted by molar-refractivity contribution is -0.151. The van der Waals surface area contributed by atoms with E-state index < -0.39 is 17.6 Å². The molecule has 2 aromatic carbocycles. The molecular weight excluding hydrogens is 444 g/mol. The van der Waals surface area contributed by atoms with Gasteiger partial charge in [-0.2, -0.15) is 0 Å². The summed E-state index contributed by atoms with van der Waals surface area (Å²) in [4.78, 5) is 35.5. The molecule has 4 rings (SSSR count). The van der Waals surface area contributed by atoms with Gasteiger partial charge < -0.3 is 20.5 Å². The predicted octanol–water partition coefficient (Wildman–Crippen LogP) is 4.99. The molecule has 0 aliphatic heterocycles. The van der Waals surface area contributed by atoms with E-state index >= 15 is 0 Å². The molecule has 2 aromatic rings. The number of fused-ring (bicyclic) bond motifs is 3. The molecular formula is C28H34N2O5. The Hall–Kier alpha value is -3.35. The van der Waals surface area contributed by atoms with Gasteiger partial charge in [0, 0.05) is 18.9 Å². The fourth-order valence-electron chi connectivity index (χ4n) is 5.03. The number of hydrogen-bond acceptors (Lipinski definition) is 4. The van der Waals surface area contributed by atoms with E-state index in [0.29, 0.717) is 32.4 Å². The largest absolute Gasteiger partial charge is 0.480 e. The molecule has 0 bridgehead atoms. The molecule has 1 saturated carbocycles. The highest BCUT2D eigenvalue weighted by Gasteiger charge is 2.45. The third-order valence-corrected chi connectivity index (χ3v) is 7.19. The molecule has 0 unspecified atom stereocenters. The Labute approximate surface area is 206 Å². The molecule has 35 heavy (non-hydrogen) atoms. The number of ether oxygens (including phenoxy) is 1. The van der Waals surface area contributed by atoms with E-state index in [2.05, 4.69) is 34.9 Å². The number of carboxylic acid groups (broad SMARTS) is 1. The quantitative estimate of drug-likeness (QED) is 0.373. The van der Waals surface area contributed by atoms with Crippen molar-refractivity contribution in [1.29, 1.82) is 0 Å².